The molecule has 1 atom stereocenters. The molecule has 1 unspecified atom stereocenters. The summed E-state index contributed by atoms with van der Waals surface area (Å²) >= 11 is 0. The number of carbonyl (C=O) groups is 2. The molecule has 1 saturated heterocycles. The summed E-state index contributed by atoms with van der Waals surface area (Å²) in [6, 6.07) is 8.94. The molecule has 1 heterocycles. The second-order valence-corrected chi connectivity index (χ2v) is 4.51. The number of rotatable bonds is 5. The summed E-state index contributed by atoms with van der Waals surface area (Å²) in [6.45, 7) is 1.21. The Morgan fingerprint density at radius 2 is 1.83 bits per heavy atom. The normalized spacial score (nSPS) is 18.0. The molecular weight excluding hydrogens is 234 g/mol. The molecule has 0 spiro atoms. The summed E-state index contributed by atoms with van der Waals surface area (Å²) in [5, 5.41) is 17.7. The number of hydrogen-bond acceptors (Lipinski definition) is 3. The van der Waals surface area contributed by atoms with Crippen LogP contribution in [0.15, 0.2) is 30.3 Å². The van der Waals surface area contributed by atoms with Crippen molar-refractivity contribution in [1.82, 2.24) is 4.90 Å². The first-order valence-corrected chi connectivity index (χ1v) is 5.81. The summed E-state index contributed by atoms with van der Waals surface area (Å²) in [6.07, 6.45) is -0.350. The third-order valence-electron chi connectivity index (χ3n) is 3.27. The molecule has 0 aliphatic carbocycles. The molecule has 0 radical (unpaired) electrons. The van der Waals surface area contributed by atoms with Crippen LogP contribution in [-0.2, 0) is 9.59 Å². The lowest BCUT2D eigenvalue weighted by Gasteiger charge is -2.42. The van der Waals surface area contributed by atoms with Gasteiger partial charge in [-0.1, -0.05) is 30.3 Å². The maximum absolute atomic E-state index is 11.0. The first-order valence-electron chi connectivity index (χ1n) is 5.81. The van der Waals surface area contributed by atoms with Crippen molar-refractivity contribution in [2.24, 2.45) is 0 Å². The van der Waals surface area contributed by atoms with Crippen molar-refractivity contribution in [3.05, 3.63) is 35.9 Å². The summed E-state index contributed by atoms with van der Waals surface area (Å²) < 4.78 is 0. The molecule has 1 aliphatic rings. The zero-order valence-corrected chi connectivity index (χ0v) is 9.82. The van der Waals surface area contributed by atoms with Gasteiger partial charge in [-0.05, 0) is 5.56 Å². The van der Waals surface area contributed by atoms with E-state index >= 15 is 0 Å². The molecular formula is C13H15NO4. The van der Waals surface area contributed by atoms with E-state index in [1.165, 1.54) is 5.56 Å². The van der Waals surface area contributed by atoms with E-state index in [4.69, 9.17) is 10.2 Å². The zero-order valence-electron chi connectivity index (χ0n) is 9.82. The van der Waals surface area contributed by atoms with Crippen molar-refractivity contribution >= 4 is 11.9 Å². The average Bonchev–Trinajstić information content (AvgIpc) is 2.26. The minimum Gasteiger partial charge on any atom is -0.481 e. The minimum absolute atomic E-state index is 0.307. The van der Waals surface area contributed by atoms with Gasteiger partial charge in [0.2, 0.25) is 0 Å². The zero-order chi connectivity index (χ0) is 13.1. The maximum Gasteiger partial charge on any atom is 0.321 e. The van der Waals surface area contributed by atoms with Gasteiger partial charge in [0.15, 0.2) is 0 Å². The molecule has 2 N–H and O–H groups in total. The van der Waals surface area contributed by atoms with Gasteiger partial charge >= 0.3 is 11.9 Å². The fourth-order valence-corrected chi connectivity index (χ4v) is 2.24. The van der Waals surface area contributed by atoms with Crippen molar-refractivity contribution in [2.75, 3.05) is 13.1 Å². The molecule has 0 amide bonds. The topological polar surface area (TPSA) is 77.8 Å². The second-order valence-electron chi connectivity index (χ2n) is 4.51. The third-order valence-corrected chi connectivity index (χ3v) is 3.27. The standard InChI is InChI=1S/C13H15NO4/c15-12(16)6-11(13(17)18)14-7-10(8-14)9-4-2-1-3-5-9/h1-5,10-11H,6-8H2,(H,15,16)(H,17,18). The van der Waals surface area contributed by atoms with E-state index < -0.39 is 18.0 Å². The number of carboxylic acid groups (broad SMARTS) is 2. The molecule has 0 bridgehead atoms. The smallest absolute Gasteiger partial charge is 0.321 e. The first kappa shape index (κ1) is 12.6. The fourth-order valence-electron chi connectivity index (χ4n) is 2.24. The fraction of sp³-hybridized carbons (Fsp3) is 0.385. The monoisotopic (exact) mass is 249 g/mol. The van der Waals surface area contributed by atoms with Gasteiger partial charge in [0.05, 0.1) is 6.42 Å². The molecule has 1 fully saturated rings. The molecule has 0 aromatic heterocycles. The van der Waals surface area contributed by atoms with Crippen LogP contribution in [0.5, 0.6) is 0 Å². The highest BCUT2D eigenvalue weighted by atomic mass is 16.4. The molecule has 5 nitrogen and oxygen atoms in total. The Bertz CT molecular complexity index is 440. The molecule has 1 aromatic rings. The van der Waals surface area contributed by atoms with Crippen LogP contribution in [0.25, 0.3) is 0 Å². The number of likely N-dealkylation sites (tertiary alicyclic amines) is 1. The van der Waals surface area contributed by atoms with Gasteiger partial charge in [-0.15, -0.1) is 0 Å². The molecule has 5 heteroatoms. The van der Waals surface area contributed by atoms with Crippen LogP contribution in [-0.4, -0.2) is 46.2 Å². The quantitative estimate of drug-likeness (QED) is 0.814. The minimum atomic E-state index is -1.08. The van der Waals surface area contributed by atoms with E-state index in [1.807, 2.05) is 30.3 Å². The highest BCUT2D eigenvalue weighted by molar-refractivity contribution is 5.80. The molecule has 1 aliphatic heterocycles. The molecule has 96 valence electrons. The van der Waals surface area contributed by atoms with Crippen LogP contribution in [0.4, 0.5) is 0 Å². The largest absolute Gasteiger partial charge is 0.481 e. The van der Waals surface area contributed by atoms with Crippen molar-refractivity contribution in [2.45, 2.75) is 18.4 Å². The third kappa shape index (κ3) is 2.68. The molecule has 0 saturated carbocycles. The van der Waals surface area contributed by atoms with Gasteiger partial charge in [0.1, 0.15) is 6.04 Å². The van der Waals surface area contributed by atoms with Gasteiger partial charge in [-0.2, -0.15) is 0 Å². The second kappa shape index (κ2) is 5.18. The molecule has 2 rings (SSSR count). The lowest BCUT2D eigenvalue weighted by atomic mass is 9.89. The van der Waals surface area contributed by atoms with E-state index in [-0.39, 0.29) is 6.42 Å². The van der Waals surface area contributed by atoms with Crippen LogP contribution >= 0.6 is 0 Å². The van der Waals surface area contributed by atoms with Crippen LogP contribution in [0.2, 0.25) is 0 Å². The highest BCUT2D eigenvalue weighted by Gasteiger charge is 2.37. The molecule has 18 heavy (non-hydrogen) atoms. The van der Waals surface area contributed by atoms with E-state index in [0.29, 0.717) is 19.0 Å². The summed E-state index contributed by atoms with van der Waals surface area (Å²) in [4.78, 5) is 23.3. The van der Waals surface area contributed by atoms with Crippen molar-refractivity contribution < 1.29 is 19.8 Å². The Hall–Kier alpha value is -1.88. The average molecular weight is 249 g/mol. The van der Waals surface area contributed by atoms with E-state index in [0.717, 1.165) is 0 Å². The lowest BCUT2D eigenvalue weighted by Crippen LogP contribution is -2.54. The summed E-state index contributed by atoms with van der Waals surface area (Å²) in [5.74, 6) is -1.84. The van der Waals surface area contributed by atoms with Gasteiger partial charge in [-0.25, -0.2) is 0 Å². The van der Waals surface area contributed by atoms with Gasteiger partial charge < -0.3 is 10.2 Å². The number of nitrogens with zero attached hydrogens (tertiary/aromatic N) is 1. The van der Waals surface area contributed by atoms with Gasteiger partial charge in [0.25, 0.3) is 0 Å². The number of carboxylic acids is 2. The Labute approximate surface area is 105 Å². The van der Waals surface area contributed by atoms with Crippen LogP contribution in [0.1, 0.15) is 17.9 Å². The van der Waals surface area contributed by atoms with Crippen LogP contribution < -0.4 is 0 Å². The van der Waals surface area contributed by atoms with Crippen LogP contribution in [0, 0.1) is 0 Å². The van der Waals surface area contributed by atoms with Gasteiger partial charge in [0, 0.05) is 19.0 Å². The van der Waals surface area contributed by atoms with Gasteiger partial charge in [-0.3, -0.25) is 14.5 Å². The Balaban J connectivity index is 1.94. The predicted molar refractivity (Wildman–Crippen MR) is 64.4 cm³/mol. The Morgan fingerprint density at radius 3 is 2.33 bits per heavy atom. The van der Waals surface area contributed by atoms with Crippen LogP contribution in [0.3, 0.4) is 0 Å². The van der Waals surface area contributed by atoms with E-state index in [9.17, 15) is 9.59 Å². The summed E-state index contributed by atoms with van der Waals surface area (Å²) in [5.41, 5.74) is 1.17. The van der Waals surface area contributed by atoms with E-state index in [1.54, 1.807) is 4.90 Å². The lowest BCUT2D eigenvalue weighted by molar-refractivity contribution is -0.151. The van der Waals surface area contributed by atoms with Crippen molar-refractivity contribution in [3.63, 3.8) is 0 Å². The summed E-state index contributed by atoms with van der Waals surface area (Å²) in [7, 11) is 0. The first-order chi connectivity index (χ1) is 8.58. The highest BCUT2D eigenvalue weighted by Crippen LogP contribution is 2.29. The Kier molecular flexibility index (Phi) is 3.62. The number of benzene rings is 1. The molecule has 1 aromatic carbocycles. The van der Waals surface area contributed by atoms with Crippen molar-refractivity contribution in [3.8, 4) is 0 Å². The number of aliphatic carboxylic acids is 2. The maximum atomic E-state index is 11.0. The van der Waals surface area contributed by atoms with Crippen molar-refractivity contribution in [1.29, 1.82) is 0 Å². The predicted octanol–water partition coefficient (Wildman–Crippen LogP) is 1.01. The Morgan fingerprint density at radius 1 is 1.22 bits per heavy atom. The SMILES string of the molecule is O=C(O)CC(C(=O)O)N1CC(c2ccccc2)C1. The number of hydrogen-bond donors (Lipinski definition) is 2. The van der Waals surface area contributed by atoms with E-state index in [2.05, 4.69) is 0 Å².